The van der Waals surface area contributed by atoms with Gasteiger partial charge in [-0.25, -0.2) is 0 Å². The van der Waals surface area contributed by atoms with Crippen molar-refractivity contribution in [2.24, 2.45) is 11.8 Å². The van der Waals surface area contributed by atoms with E-state index in [1.807, 2.05) is 11.8 Å². The van der Waals surface area contributed by atoms with E-state index in [2.05, 4.69) is 5.32 Å². The third-order valence-corrected chi connectivity index (χ3v) is 5.39. The number of nitrogens with one attached hydrogen (secondary N) is 1. The van der Waals surface area contributed by atoms with Crippen molar-refractivity contribution >= 4 is 11.8 Å². The molecule has 2 amide bonds. The quantitative estimate of drug-likeness (QED) is 0.859. The third-order valence-electron chi connectivity index (χ3n) is 5.39. The molecule has 112 valence electrons. The molecule has 1 heterocycles. The molecule has 0 bridgehead atoms. The van der Waals surface area contributed by atoms with Crippen molar-refractivity contribution in [2.75, 3.05) is 6.54 Å². The van der Waals surface area contributed by atoms with Crippen molar-refractivity contribution in [3.63, 3.8) is 0 Å². The van der Waals surface area contributed by atoms with Crippen LogP contribution >= 0.6 is 0 Å². The van der Waals surface area contributed by atoms with E-state index in [4.69, 9.17) is 0 Å². The van der Waals surface area contributed by atoms with Crippen LogP contribution in [0.4, 0.5) is 0 Å². The van der Waals surface area contributed by atoms with Gasteiger partial charge < -0.3 is 10.2 Å². The van der Waals surface area contributed by atoms with Crippen LogP contribution in [0.5, 0.6) is 0 Å². The van der Waals surface area contributed by atoms with Crippen molar-refractivity contribution in [1.82, 2.24) is 10.2 Å². The van der Waals surface area contributed by atoms with Crippen LogP contribution in [0.15, 0.2) is 0 Å². The second-order valence-corrected chi connectivity index (χ2v) is 6.86. The van der Waals surface area contributed by atoms with Gasteiger partial charge in [-0.1, -0.05) is 25.7 Å². The highest BCUT2D eigenvalue weighted by Crippen LogP contribution is 2.34. The molecule has 2 aliphatic carbocycles. The summed E-state index contributed by atoms with van der Waals surface area (Å²) in [5.74, 6) is 1.22. The van der Waals surface area contributed by atoms with E-state index >= 15 is 0 Å². The molecule has 0 aromatic rings. The van der Waals surface area contributed by atoms with E-state index in [0.29, 0.717) is 11.8 Å². The standard InChI is InChI=1S/C16H26N2O2/c1-11-16(20)18(10-12-6-5-7-12)14(15(19)17-11)13-8-3-2-4-9-13/h11-14H,2-10H2,1H3,(H,17,19). The number of carbonyl (C=O) groups excluding carboxylic acids is 2. The van der Waals surface area contributed by atoms with E-state index in [1.165, 1.54) is 38.5 Å². The van der Waals surface area contributed by atoms with Gasteiger partial charge in [-0.15, -0.1) is 0 Å². The molecule has 1 saturated heterocycles. The first-order valence-corrected chi connectivity index (χ1v) is 8.27. The summed E-state index contributed by atoms with van der Waals surface area (Å²) in [6, 6.07) is -0.540. The maximum absolute atomic E-state index is 12.5. The molecule has 2 saturated carbocycles. The lowest BCUT2D eigenvalue weighted by molar-refractivity contribution is -0.153. The second kappa shape index (κ2) is 5.74. The van der Waals surface area contributed by atoms with E-state index in [1.54, 1.807) is 0 Å². The van der Waals surface area contributed by atoms with Gasteiger partial charge in [0.15, 0.2) is 0 Å². The smallest absolute Gasteiger partial charge is 0.245 e. The Morgan fingerprint density at radius 3 is 2.35 bits per heavy atom. The summed E-state index contributed by atoms with van der Waals surface area (Å²) in [6.45, 7) is 2.61. The predicted octanol–water partition coefficient (Wildman–Crippen LogP) is 2.08. The highest BCUT2D eigenvalue weighted by Gasteiger charge is 2.43. The molecular formula is C16H26N2O2. The van der Waals surface area contributed by atoms with Gasteiger partial charge in [0.2, 0.25) is 11.8 Å². The van der Waals surface area contributed by atoms with Gasteiger partial charge >= 0.3 is 0 Å². The van der Waals surface area contributed by atoms with Crippen LogP contribution in [0.2, 0.25) is 0 Å². The molecule has 3 rings (SSSR count). The van der Waals surface area contributed by atoms with E-state index in [-0.39, 0.29) is 23.9 Å². The van der Waals surface area contributed by atoms with Crippen molar-refractivity contribution in [3.8, 4) is 0 Å². The number of piperazine rings is 1. The number of amides is 2. The summed E-state index contributed by atoms with van der Waals surface area (Å²) in [4.78, 5) is 26.9. The van der Waals surface area contributed by atoms with Gasteiger partial charge in [-0.3, -0.25) is 9.59 Å². The zero-order chi connectivity index (χ0) is 14.1. The van der Waals surface area contributed by atoms with E-state index in [0.717, 1.165) is 19.4 Å². The lowest BCUT2D eigenvalue weighted by Gasteiger charge is -2.45. The lowest BCUT2D eigenvalue weighted by Crippen LogP contribution is -2.65. The average Bonchev–Trinajstić information content (AvgIpc) is 2.40. The van der Waals surface area contributed by atoms with Gasteiger partial charge in [0.25, 0.3) is 0 Å². The first-order valence-electron chi connectivity index (χ1n) is 8.27. The summed E-state index contributed by atoms with van der Waals surface area (Å²) < 4.78 is 0. The molecule has 4 nitrogen and oxygen atoms in total. The Labute approximate surface area is 121 Å². The highest BCUT2D eigenvalue weighted by molar-refractivity contribution is 5.96. The minimum atomic E-state index is -0.345. The van der Waals surface area contributed by atoms with Crippen LogP contribution < -0.4 is 5.32 Å². The van der Waals surface area contributed by atoms with E-state index < -0.39 is 0 Å². The van der Waals surface area contributed by atoms with Gasteiger partial charge in [0.1, 0.15) is 12.1 Å². The first kappa shape index (κ1) is 13.9. The largest absolute Gasteiger partial charge is 0.343 e. The third kappa shape index (κ3) is 2.57. The van der Waals surface area contributed by atoms with Crippen LogP contribution in [0.25, 0.3) is 0 Å². The minimum absolute atomic E-state index is 0.0864. The molecule has 2 unspecified atom stereocenters. The molecule has 0 radical (unpaired) electrons. The number of hydrogen-bond donors (Lipinski definition) is 1. The molecule has 0 aromatic heterocycles. The molecular weight excluding hydrogens is 252 g/mol. The summed E-state index contributed by atoms with van der Waals surface area (Å²) >= 11 is 0. The topological polar surface area (TPSA) is 49.4 Å². The summed E-state index contributed by atoms with van der Waals surface area (Å²) in [5.41, 5.74) is 0. The molecule has 3 aliphatic rings. The molecule has 0 aromatic carbocycles. The second-order valence-electron chi connectivity index (χ2n) is 6.86. The van der Waals surface area contributed by atoms with Crippen LogP contribution in [0, 0.1) is 11.8 Å². The zero-order valence-corrected chi connectivity index (χ0v) is 12.4. The monoisotopic (exact) mass is 278 g/mol. The van der Waals surface area contributed by atoms with Crippen LogP contribution in [-0.2, 0) is 9.59 Å². The molecule has 0 spiro atoms. The Balaban J connectivity index is 1.77. The molecule has 1 aliphatic heterocycles. The van der Waals surface area contributed by atoms with Gasteiger partial charge in [-0.05, 0) is 44.4 Å². The Morgan fingerprint density at radius 2 is 1.75 bits per heavy atom. The molecule has 1 N–H and O–H groups in total. The fourth-order valence-corrected chi connectivity index (χ4v) is 3.96. The van der Waals surface area contributed by atoms with Gasteiger partial charge in [-0.2, -0.15) is 0 Å². The van der Waals surface area contributed by atoms with Crippen molar-refractivity contribution < 1.29 is 9.59 Å². The van der Waals surface area contributed by atoms with Crippen LogP contribution in [0.1, 0.15) is 58.3 Å². The predicted molar refractivity (Wildman–Crippen MR) is 77.0 cm³/mol. The molecule has 3 fully saturated rings. The first-order chi connectivity index (χ1) is 9.66. The Morgan fingerprint density at radius 1 is 1.05 bits per heavy atom. The van der Waals surface area contributed by atoms with Gasteiger partial charge in [0, 0.05) is 6.54 Å². The SMILES string of the molecule is CC1NC(=O)C(C2CCCCC2)N(CC2CCC2)C1=O. The average molecular weight is 278 g/mol. The Kier molecular flexibility index (Phi) is 3.99. The van der Waals surface area contributed by atoms with Crippen molar-refractivity contribution in [2.45, 2.75) is 70.4 Å². The van der Waals surface area contributed by atoms with Gasteiger partial charge in [0.05, 0.1) is 0 Å². The highest BCUT2D eigenvalue weighted by atomic mass is 16.2. The fourth-order valence-electron chi connectivity index (χ4n) is 3.96. The maximum atomic E-state index is 12.5. The normalized spacial score (nSPS) is 33.0. The molecule has 20 heavy (non-hydrogen) atoms. The zero-order valence-electron chi connectivity index (χ0n) is 12.4. The number of nitrogens with zero attached hydrogens (tertiary/aromatic N) is 1. The molecule has 2 atom stereocenters. The number of hydrogen-bond acceptors (Lipinski definition) is 2. The van der Waals surface area contributed by atoms with Crippen LogP contribution in [-0.4, -0.2) is 35.3 Å². The Hall–Kier alpha value is -1.06. The Bertz CT molecular complexity index is 386. The number of carbonyl (C=O) groups is 2. The number of rotatable bonds is 3. The fraction of sp³-hybridized carbons (Fsp3) is 0.875. The minimum Gasteiger partial charge on any atom is -0.343 e. The molecule has 4 heteroatoms. The summed E-state index contributed by atoms with van der Waals surface area (Å²) in [6.07, 6.45) is 9.60. The van der Waals surface area contributed by atoms with Crippen molar-refractivity contribution in [1.29, 1.82) is 0 Å². The van der Waals surface area contributed by atoms with E-state index in [9.17, 15) is 9.59 Å². The summed E-state index contributed by atoms with van der Waals surface area (Å²) in [5, 5.41) is 2.89. The van der Waals surface area contributed by atoms with Crippen LogP contribution in [0.3, 0.4) is 0 Å². The maximum Gasteiger partial charge on any atom is 0.245 e. The van der Waals surface area contributed by atoms with Crippen molar-refractivity contribution in [3.05, 3.63) is 0 Å². The lowest BCUT2D eigenvalue weighted by atomic mass is 9.79. The summed E-state index contributed by atoms with van der Waals surface area (Å²) in [7, 11) is 0.